The number of aryl methyl sites for hydroxylation is 2. The van der Waals surface area contributed by atoms with E-state index in [1.807, 2.05) is 12.3 Å². The molecule has 0 N–H and O–H groups in total. The minimum absolute atomic E-state index is 0.0583. The minimum Gasteiger partial charge on any atom is -0.260 e. The summed E-state index contributed by atoms with van der Waals surface area (Å²) in [6.45, 7) is 6.06. The standard InChI is InChI=1S/C33H41F2N/c1-4-5-6-8-25-13-16-27(17-14-25)29-18-20-31(36-22-29)23(2)11-15-28(21-26-9-7-10-26)30-19-12-24(3)32(34)33(30)35/h12-14,16-20,22-23,26,28H,4-11,15,21H2,1-3H3. The molecule has 1 fully saturated rings. The fourth-order valence-electron chi connectivity index (χ4n) is 5.42. The van der Waals surface area contributed by atoms with Crippen molar-refractivity contribution in [1.29, 1.82) is 0 Å². The molecule has 0 bridgehead atoms. The predicted molar refractivity (Wildman–Crippen MR) is 146 cm³/mol. The van der Waals surface area contributed by atoms with E-state index in [4.69, 9.17) is 4.98 Å². The summed E-state index contributed by atoms with van der Waals surface area (Å²) in [6.07, 6.45) is 13.3. The molecule has 3 heteroatoms. The van der Waals surface area contributed by atoms with Gasteiger partial charge in [-0.3, -0.25) is 4.98 Å². The quantitative estimate of drug-likeness (QED) is 0.231. The fourth-order valence-corrected chi connectivity index (χ4v) is 5.42. The maximum Gasteiger partial charge on any atom is 0.162 e. The van der Waals surface area contributed by atoms with Crippen LogP contribution < -0.4 is 0 Å². The van der Waals surface area contributed by atoms with Gasteiger partial charge >= 0.3 is 0 Å². The normalized spacial score (nSPS) is 15.5. The van der Waals surface area contributed by atoms with Gasteiger partial charge in [-0.15, -0.1) is 0 Å². The smallest absolute Gasteiger partial charge is 0.162 e. The van der Waals surface area contributed by atoms with Crippen LogP contribution in [0.5, 0.6) is 0 Å². The first-order valence-electron chi connectivity index (χ1n) is 14.0. The molecule has 4 rings (SSSR count). The monoisotopic (exact) mass is 489 g/mol. The molecule has 0 spiro atoms. The Bertz CT molecular complexity index is 1100. The summed E-state index contributed by atoms with van der Waals surface area (Å²) < 4.78 is 29.2. The zero-order chi connectivity index (χ0) is 25.5. The van der Waals surface area contributed by atoms with E-state index in [0.29, 0.717) is 17.0 Å². The maximum absolute atomic E-state index is 14.9. The molecular formula is C33H41F2N. The molecule has 2 atom stereocenters. The van der Waals surface area contributed by atoms with Crippen LogP contribution in [0.4, 0.5) is 8.78 Å². The molecule has 2 aromatic carbocycles. The van der Waals surface area contributed by atoms with Crippen molar-refractivity contribution in [2.24, 2.45) is 5.92 Å². The Labute approximate surface area is 216 Å². The average Bonchev–Trinajstić information content (AvgIpc) is 2.87. The van der Waals surface area contributed by atoms with Gasteiger partial charge in [-0.1, -0.05) is 88.4 Å². The second-order valence-electron chi connectivity index (χ2n) is 10.9. The lowest BCUT2D eigenvalue weighted by Crippen LogP contribution is -2.17. The van der Waals surface area contributed by atoms with E-state index in [0.717, 1.165) is 36.9 Å². The Kier molecular flexibility index (Phi) is 9.29. The molecule has 192 valence electrons. The van der Waals surface area contributed by atoms with Gasteiger partial charge in [0.25, 0.3) is 0 Å². The Morgan fingerprint density at radius 2 is 1.64 bits per heavy atom. The number of nitrogens with zero attached hydrogens (tertiary/aromatic N) is 1. The number of benzene rings is 2. The second kappa shape index (κ2) is 12.6. The van der Waals surface area contributed by atoms with Crippen LogP contribution in [0.25, 0.3) is 11.1 Å². The molecule has 1 aromatic heterocycles. The summed E-state index contributed by atoms with van der Waals surface area (Å²) in [6, 6.07) is 16.7. The number of hydrogen-bond acceptors (Lipinski definition) is 1. The van der Waals surface area contributed by atoms with Gasteiger partial charge in [0.1, 0.15) is 0 Å². The van der Waals surface area contributed by atoms with E-state index in [9.17, 15) is 8.78 Å². The minimum atomic E-state index is -0.689. The third-order valence-corrected chi connectivity index (χ3v) is 8.18. The maximum atomic E-state index is 14.9. The van der Waals surface area contributed by atoms with Crippen LogP contribution in [-0.4, -0.2) is 4.98 Å². The van der Waals surface area contributed by atoms with Crippen LogP contribution in [0.2, 0.25) is 0 Å². The van der Waals surface area contributed by atoms with E-state index >= 15 is 0 Å². The topological polar surface area (TPSA) is 12.9 Å². The van der Waals surface area contributed by atoms with Crippen molar-refractivity contribution in [3.63, 3.8) is 0 Å². The van der Waals surface area contributed by atoms with Crippen LogP contribution >= 0.6 is 0 Å². The lowest BCUT2D eigenvalue weighted by atomic mass is 9.75. The molecule has 2 unspecified atom stereocenters. The summed E-state index contributed by atoms with van der Waals surface area (Å²) in [4.78, 5) is 4.79. The summed E-state index contributed by atoms with van der Waals surface area (Å²) in [5, 5.41) is 0. The van der Waals surface area contributed by atoms with Crippen LogP contribution in [-0.2, 0) is 6.42 Å². The van der Waals surface area contributed by atoms with Gasteiger partial charge in [-0.25, -0.2) is 8.78 Å². The first-order valence-corrected chi connectivity index (χ1v) is 14.0. The fraction of sp³-hybridized carbons (Fsp3) is 0.485. The summed E-state index contributed by atoms with van der Waals surface area (Å²) in [7, 11) is 0. The van der Waals surface area contributed by atoms with Crippen molar-refractivity contribution < 1.29 is 8.78 Å². The molecule has 36 heavy (non-hydrogen) atoms. The number of halogens is 2. The molecule has 3 aromatic rings. The molecule has 1 heterocycles. The molecule has 0 saturated heterocycles. The van der Waals surface area contributed by atoms with Crippen molar-refractivity contribution in [3.05, 3.63) is 88.7 Å². The highest BCUT2D eigenvalue weighted by atomic mass is 19.2. The van der Waals surface area contributed by atoms with Crippen molar-refractivity contribution in [3.8, 4) is 11.1 Å². The second-order valence-corrected chi connectivity index (χ2v) is 10.9. The molecule has 0 aliphatic heterocycles. The molecular weight excluding hydrogens is 448 g/mol. The van der Waals surface area contributed by atoms with E-state index in [1.54, 1.807) is 13.0 Å². The molecule has 1 nitrogen and oxygen atoms in total. The third kappa shape index (κ3) is 6.60. The van der Waals surface area contributed by atoms with Crippen molar-refractivity contribution in [2.45, 2.75) is 96.8 Å². The highest BCUT2D eigenvalue weighted by Gasteiger charge is 2.27. The third-order valence-electron chi connectivity index (χ3n) is 8.18. The van der Waals surface area contributed by atoms with Crippen molar-refractivity contribution in [2.75, 3.05) is 0 Å². The number of hydrogen-bond donors (Lipinski definition) is 0. The van der Waals surface area contributed by atoms with E-state index < -0.39 is 11.6 Å². The number of pyridine rings is 1. The molecule has 1 saturated carbocycles. The Hall–Kier alpha value is -2.55. The van der Waals surface area contributed by atoms with Crippen LogP contribution in [0.15, 0.2) is 54.7 Å². The number of aromatic nitrogens is 1. The van der Waals surface area contributed by atoms with Gasteiger partial charge in [-0.2, -0.15) is 0 Å². The SMILES string of the molecule is CCCCCc1ccc(-c2ccc(C(C)CCC(CC3CCC3)c3ccc(C)c(F)c3F)nc2)cc1. The first-order chi connectivity index (χ1) is 17.5. The van der Waals surface area contributed by atoms with Crippen LogP contribution in [0.1, 0.15) is 106 Å². The van der Waals surface area contributed by atoms with Crippen LogP contribution in [0, 0.1) is 24.5 Å². The Morgan fingerprint density at radius 1 is 0.889 bits per heavy atom. The Balaban J connectivity index is 1.39. The van der Waals surface area contributed by atoms with Gasteiger partial charge in [-0.05, 0) is 85.1 Å². The van der Waals surface area contributed by atoms with E-state index in [-0.39, 0.29) is 11.8 Å². The highest BCUT2D eigenvalue weighted by Crippen LogP contribution is 2.40. The highest BCUT2D eigenvalue weighted by molar-refractivity contribution is 5.62. The van der Waals surface area contributed by atoms with Gasteiger partial charge in [0, 0.05) is 17.5 Å². The van der Waals surface area contributed by atoms with Crippen LogP contribution in [0.3, 0.4) is 0 Å². The molecule has 0 amide bonds. The van der Waals surface area contributed by atoms with E-state index in [1.165, 1.54) is 49.7 Å². The Morgan fingerprint density at radius 3 is 2.28 bits per heavy atom. The van der Waals surface area contributed by atoms with Crippen molar-refractivity contribution in [1.82, 2.24) is 4.98 Å². The van der Waals surface area contributed by atoms with Gasteiger partial charge in [0.15, 0.2) is 11.6 Å². The van der Waals surface area contributed by atoms with E-state index in [2.05, 4.69) is 50.2 Å². The lowest BCUT2D eigenvalue weighted by molar-refractivity contribution is 0.266. The molecule has 1 aliphatic carbocycles. The van der Waals surface area contributed by atoms with Gasteiger partial charge in [0.05, 0.1) is 0 Å². The number of unbranched alkanes of at least 4 members (excludes halogenated alkanes) is 2. The summed E-state index contributed by atoms with van der Waals surface area (Å²) in [5.74, 6) is -0.369. The van der Waals surface area contributed by atoms with Crippen molar-refractivity contribution >= 4 is 0 Å². The number of rotatable bonds is 12. The predicted octanol–water partition coefficient (Wildman–Crippen LogP) is 9.93. The zero-order valence-electron chi connectivity index (χ0n) is 22.2. The summed E-state index contributed by atoms with van der Waals surface area (Å²) in [5.41, 5.74) is 5.71. The summed E-state index contributed by atoms with van der Waals surface area (Å²) >= 11 is 0. The van der Waals surface area contributed by atoms with Gasteiger partial charge < -0.3 is 0 Å². The molecule has 0 radical (unpaired) electrons. The lowest BCUT2D eigenvalue weighted by Gasteiger charge is -2.31. The zero-order valence-corrected chi connectivity index (χ0v) is 22.2. The van der Waals surface area contributed by atoms with Gasteiger partial charge in [0.2, 0.25) is 0 Å². The average molecular weight is 490 g/mol. The first kappa shape index (κ1) is 26.5. The largest absolute Gasteiger partial charge is 0.260 e. The molecule has 1 aliphatic rings.